The van der Waals surface area contributed by atoms with Crippen LogP contribution in [0.3, 0.4) is 0 Å². The summed E-state index contributed by atoms with van der Waals surface area (Å²) in [6.45, 7) is 11.0. The summed E-state index contributed by atoms with van der Waals surface area (Å²) in [6, 6.07) is 0. The second-order valence-corrected chi connectivity index (χ2v) is 4.51. The molecule has 1 heteroatoms. The summed E-state index contributed by atoms with van der Waals surface area (Å²) in [5, 5.41) is 0. The van der Waals surface area contributed by atoms with Crippen molar-refractivity contribution < 1.29 is 0 Å². The van der Waals surface area contributed by atoms with Crippen molar-refractivity contribution in [2.24, 2.45) is 16.8 Å². The molecule has 0 bridgehead atoms. The second kappa shape index (κ2) is 7.78. The molecule has 1 atom stereocenters. The molecule has 82 valence electrons. The van der Waals surface area contributed by atoms with Crippen molar-refractivity contribution in [2.75, 3.05) is 0 Å². The van der Waals surface area contributed by atoms with Crippen molar-refractivity contribution in [2.45, 2.75) is 53.9 Å². The lowest BCUT2D eigenvalue weighted by molar-refractivity contribution is 0.491. The fourth-order valence-electron chi connectivity index (χ4n) is 1.38. The van der Waals surface area contributed by atoms with Gasteiger partial charge in [0, 0.05) is 12.4 Å². The van der Waals surface area contributed by atoms with E-state index in [4.69, 9.17) is 0 Å². The molecule has 0 aliphatic heterocycles. The maximum absolute atomic E-state index is 4.15. The van der Waals surface area contributed by atoms with E-state index in [1.807, 2.05) is 19.3 Å². The standard InChI is InChI=1S/C13H25N/c1-6-14-10-13(5)12(4)9-7-8-11(2)3/h6,10-12H,7-9H2,1-5H3/b13-10-,14-6?. The quantitative estimate of drug-likeness (QED) is 0.555. The number of nitrogens with zero attached hydrogens (tertiary/aromatic N) is 1. The molecule has 1 nitrogen and oxygen atoms in total. The largest absolute Gasteiger partial charge is 0.269 e. The van der Waals surface area contributed by atoms with Crippen LogP contribution in [0.2, 0.25) is 0 Å². The van der Waals surface area contributed by atoms with Gasteiger partial charge in [-0.15, -0.1) is 0 Å². The van der Waals surface area contributed by atoms with Crippen molar-refractivity contribution in [1.29, 1.82) is 0 Å². The summed E-state index contributed by atoms with van der Waals surface area (Å²) in [7, 11) is 0. The van der Waals surface area contributed by atoms with E-state index in [1.54, 1.807) is 0 Å². The molecule has 0 radical (unpaired) electrons. The Balaban J connectivity index is 3.78. The van der Waals surface area contributed by atoms with Gasteiger partial charge in [-0.2, -0.15) is 0 Å². The van der Waals surface area contributed by atoms with Gasteiger partial charge in [-0.05, 0) is 32.1 Å². The van der Waals surface area contributed by atoms with E-state index in [2.05, 4.69) is 32.7 Å². The Morgan fingerprint density at radius 2 is 1.86 bits per heavy atom. The van der Waals surface area contributed by atoms with E-state index < -0.39 is 0 Å². The van der Waals surface area contributed by atoms with E-state index in [0.717, 1.165) is 5.92 Å². The fraction of sp³-hybridized carbons (Fsp3) is 0.769. The molecule has 0 aromatic rings. The summed E-state index contributed by atoms with van der Waals surface area (Å²) in [5.74, 6) is 1.51. The SMILES string of the molecule is CC=N/C=C(/C)C(C)CCCC(C)C. The molecule has 0 rings (SSSR count). The molecule has 0 aromatic heterocycles. The van der Waals surface area contributed by atoms with Crippen LogP contribution in [-0.4, -0.2) is 6.21 Å². The lowest BCUT2D eigenvalue weighted by Gasteiger charge is -2.12. The Morgan fingerprint density at radius 1 is 1.21 bits per heavy atom. The number of rotatable bonds is 6. The van der Waals surface area contributed by atoms with Crippen LogP contribution >= 0.6 is 0 Å². The van der Waals surface area contributed by atoms with Crippen molar-refractivity contribution in [3.8, 4) is 0 Å². The average molecular weight is 195 g/mol. The molecule has 0 aliphatic carbocycles. The highest BCUT2D eigenvalue weighted by atomic mass is 14.7. The van der Waals surface area contributed by atoms with Crippen molar-refractivity contribution in [1.82, 2.24) is 0 Å². The third kappa shape index (κ3) is 6.88. The monoisotopic (exact) mass is 195 g/mol. The molecule has 14 heavy (non-hydrogen) atoms. The molecular weight excluding hydrogens is 170 g/mol. The molecule has 1 unspecified atom stereocenters. The van der Waals surface area contributed by atoms with Crippen LogP contribution < -0.4 is 0 Å². The van der Waals surface area contributed by atoms with Gasteiger partial charge in [0.15, 0.2) is 0 Å². The zero-order chi connectivity index (χ0) is 11.0. The molecule has 0 amide bonds. The summed E-state index contributed by atoms with van der Waals surface area (Å²) in [6.07, 6.45) is 7.79. The number of hydrogen-bond donors (Lipinski definition) is 0. The van der Waals surface area contributed by atoms with Crippen LogP contribution in [0.15, 0.2) is 16.8 Å². The smallest absolute Gasteiger partial charge is 0.0255 e. The van der Waals surface area contributed by atoms with Gasteiger partial charge < -0.3 is 0 Å². The first-order chi connectivity index (χ1) is 6.57. The number of allylic oxidation sites excluding steroid dienone is 1. The van der Waals surface area contributed by atoms with Gasteiger partial charge in [0.05, 0.1) is 0 Å². The maximum Gasteiger partial charge on any atom is 0.0255 e. The molecule has 0 fully saturated rings. The molecule has 0 N–H and O–H groups in total. The fourth-order valence-corrected chi connectivity index (χ4v) is 1.38. The highest BCUT2D eigenvalue weighted by molar-refractivity contribution is 5.54. The van der Waals surface area contributed by atoms with Gasteiger partial charge in [-0.3, -0.25) is 4.99 Å². The minimum atomic E-state index is 0.678. The Labute approximate surface area is 89.3 Å². The van der Waals surface area contributed by atoms with Crippen molar-refractivity contribution >= 4 is 6.21 Å². The maximum atomic E-state index is 4.15. The Bertz CT molecular complexity index is 189. The highest BCUT2D eigenvalue weighted by Crippen LogP contribution is 2.18. The first kappa shape index (κ1) is 13.4. The molecule has 0 saturated heterocycles. The molecule has 0 saturated carbocycles. The lowest BCUT2D eigenvalue weighted by atomic mass is 9.95. The first-order valence-electron chi connectivity index (χ1n) is 5.72. The van der Waals surface area contributed by atoms with E-state index in [-0.39, 0.29) is 0 Å². The van der Waals surface area contributed by atoms with Crippen LogP contribution in [0.25, 0.3) is 0 Å². The van der Waals surface area contributed by atoms with Crippen molar-refractivity contribution in [3.05, 3.63) is 11.8 Å². The normalized spacial score (nSPS) is 15.4. The minimum absolute atomic E-state index is 0.678. The number of aliphatic imine (C=N–C) groups is 1. The van der Waals surface area contributed by atoms with E-state index in [0.29, 0.717) is 5.92 Å². The molecule has 0 spiro atoms. The van der Waals surface area contributed by atoms with Crippen LogP contribution in [0.1, 0.15) is 53.9 Å². The van der Waals surface area contributed by atoms with Gasteiger partial charge in [0.1, 0.15) is 0 Å². The van der Waals surface area contributed by atoms with E-state index >= 15 is 0 Å². The zero-order valence-corrected chi connectivity index (χ0v) is 10.4. The minimum Gasteiger partial charge on any atom is -0.269 e. The van der Waals surface area contributed by atoms with E-state index in [1.165, 1.54) is 24.8 Å². The predicted octanol–water partition coefficient (Wildman–Crippen LogP) is 4.44. The van der Waals surface area contributed by atoms with Gasteiger partial charge in [0.2, 0.25) is 0 Å². The summed E-state index contributed by atoms with van der Waals surface area (Å²) >= 11 is 0. The Morgan fingerprint density at radius 3 is 2.36 bits per heavy atom. The lowest BCUT2D eigenvalue weighted by Crippen LogP contribution is -1.97. The van der Waals surface area contributed by atoms with Crippen LogP contribution in [0.4, 0.5) is 0 Å². The van der Waals surface area contributed by atoms with Gasteiger partial charge in [-0.1, -0.05) is 39.2 Å². The Hall–Kier alpha value is -0.590. The van der Waals surface area contributed by atoms with E-state index in [9.17, 15) is 0 Å². The van der Waals surface area contributed by atoms with Crippen LogP contribution in [0, 0.1) is 11.8 Å². The third-order valence-corrected chi connectivity index (χ3v) is 2.62. The van der Waals surface area contributed by atoms with Crippen molar-refractivity contribution in [3.63, 3.8) is 0 Å². The molecule has 0 aliphatic rings. The molecule has 0 heterocycles. The predicted molar refractivity (Wildman–Crippen MR) is 65.8 cm³/mol. The van der Waals surface area contributed by atoms with Crippen LogP contribution in [0.5, 0.6) is 0 Å². The molecular formula is C13H25N. The van der Waals surface area contributed by atoms with Gasteiger partial charge >= 0.3 is 0 Å². The summed E-state index contributed by atoms with van der Waals surface area (Å²) < 4.78 is 0. The second-order valence-electron chi connectivity index (χ2n) is 4.51. The zero-order valence-electron chi connectivity index (χ0n) is 10.4. The summed E-state index contributed by atoms with van der Waals surface area (Å²) in [5.41, 5.74) is 1.40. The van der Waals surface area contributed by atoms with Gasteiger partial charge in [0.25, 0.3) is 0 Å². The van der Waals surface area contributed by atoms with Crippen LogP contribution in [-0.2, 0) is 0 Å². The molecule has 0 aromatic carbocycles. The third-order valence-electron chi connectivity index (χ3n) is 2.62. The first-order valence-corrected chi connectivity index (χ1v) is 5.72. The highest BCUT2D eigenvalue weighted by Gasteiger charge is 2.04. The van der Waals surface area contributed by atoms with Gasteiger partial charge in [-0.25, -0.2) is 0 Å². The average Bonchev–Trinajstić information content (AvgIpc) is 2.13. The Kier molecular flexibility index (Phi) is 7.45. The number of hydrogen-bond acceptors (Lipinski definition) is 1. The summed E-state index contributed by atoms with van der Waals surface area (Å²) in [4.78, 5) is 4.15. The topological polar surface area (TPSA) is 12.4 Å².